The number of fused-ring (bicyclic) bond motifs is 1. The minimum absolute atomic E-state index is 0.0410. The summed E-state index contributed by atoms with van der Waals surface area (Å²) >= 11 is 0. The van der Waals surface area contributed by atoms with Gasteiger partial charge < -0.3 is 14.2 Å². The molecular formula is C44H82N2O3. The highest BCUT2D eigenvalue weighted by Crippen LogP contribution is 2.31. The molecule has 1 heterocycles. The summed E-state index contributed by atoms with van der Waals surface area (Å²) in [6.07, 6.45) is 34.4. The van der Waals surface area contributed by atoms with Gasteiger partial charge in [-0.1, -0.05) is 168 Å². The number of hydrogen-bond donors (Lipinski definition) is 0. The summed E-state index contributed by atoms with van der Waals surface area (Å²) in [5.74, 6) is 1.78. The van der Waals surface area contributed by atoms with E-state index in [1.54, 1.807) is 0 Å². The average Bonchev–Trinajstić information content (AvgIpc) is 3.13. The van der Waals surface area contributed by atoms with Gasteiger partial charge in [0.1, 0.15) is 0 Å². The maximum absolute atomic E-state index is 6.87. The van der Waals surface area contributed by atoms with Crippen LogP contribution in [0.5, 0.6) is 11.5 Å². The molecule has 5 heteroatoms. The van der Waals surface area contributed by atoms with E-state index in [1.165, 1.54) is 141 Å². The number of ether oxygens (including phenoxy) is 3. The Bertz CT molecular complexity index is 784. The summed E-state index contributed by atoms with van der Waals surface area (Å²) < 4.78 is 19.9. The highest BCUT2D eigenvalue weighted by atomic mass is 16.5. The number of rotatable bonds is 28. The normalized spacial score (nSPS) is 17.6. The van der Waals surface area contributed by atoms with Crippen molar-refractivity contribution < 1.29 is 14.2 Å². The number of hydrogen-bond acceptors (Lipinski definition) is 5. The molecule has 2 atom stereocenters. The Kier molecular flexibility index (Phi) is 28.1. The summed E-state index contributed by atoms with van der Waals surface area (Å²) in [6.45, 7) is 14.9. The smallest absolute Gasteiger partial charge is 0.163 e. The lowest BCUT2D eigenvalue weighted by atomic mass is 10.1. The third-order valence-electron chi connectivity index (χ3n) is 10.6. The fourth-order valence-corrected chi connectivity index (χ4v) is 7.36. The minimum Gasteiger partial charge on any atom is -0.471 e. The van der Waals surface area contributed by atoms with E-state index in [0.29, 0.717) is 0 Å². The molecule has 0 aliphatic carbocycles. The van der Waals surface area contributed by atoms with E-state index >= 15 is 0 Å². The number of nitrogens with zero attached hydrogens (tertiary/aromatic N) is 2. The zero-order valence-corrected chi connectivity index (χ0v) is 33.2. The second kappa shape index (κ2) is 31.4. The van der Waals surface area contributed by atoms with Crippen LogP contribution in [0.15, 0.2) is 24.3 Å². The van der Waals surface area contributed by atoms with E-state index in [9.17, 15) is 0 Å². The molecule has 0 aromatic heterocycles. The first-order valence-electron chi connectivity index (χ1n) is 21.7. The maximum atomic E-state index is 6.87. The van der Waals surface area contributed by atoms with Crippen molar-refractivity contribution in [1.29, 1.82) is 0 Å². The molecule has 49 heavy (non-hydrogen) atoms. The van der Waals surface area contributed by atoms with Crippen LogP contribution in [0.4, 0.5) is 0 Å². The molecule has 0 saturated carbocycles. The molecule has 0 spiro atoms. The maximum Gasteiger partial charge on any atom is 0.163 e. The van der Waals surface area contributed by atoms with Gasteiger partial charge in [0, 0.05) is 39.1 Å². The van der Waals surface area contributed by atoms with Crippen molar-refractivity contribution in [3.8, 4) is 11.5 Å². The zero-order chi connectivity index (χ0) is 35.0. The van der Waals surface area contributed by atoms with Crippen LogP contribution in [0, 0.1) is 0 Å². The standard InChI is InChI=1S/C44H82N2O3/c1-5-9-11-13-15-17-19-21-23-25-29-37-45(7-3)43-35-31-39-47-40-32-36-44(49-42-34-28-27-33-41(42)48-43)46(8-4)38-30-26-24-22-20-18-16-14-12-10-6-2/h27-28,33-34,43-44H,5-26,29-32,35-40H2,1-4H3. The van der Waals surface area contributed by atoms with Crippen molar-refractivity contribution >= 4 is 0 Å². The molecule has 5 nitrogen and oxygen atoms in total. The van der Waals surface area contributed by atoms with Crippen LogP contribution in [0.3, 0.4) is 0 Å². The molecule has 1 aromatic carbocycles. The van der Waals surface area contributed by atoms with Gasteiger partial charge in [-0.25, -0.2) is 0 Å². The van der Waals surface area contributed by atoms with Crippen molar-refractivity contribution in [1.82, 2.24) is 9.80 Å². The number of unbranched alkanes of at least 4 members (excludes halogenated alkanes) is 20. The molecule has 0 bridgehead atoms. The monoisotopic (exact) mass is 687 g/mol. The van der Waals surface area contributed by atoms with Gasteiger partial charge in [0.05, 0.1) is 0 Å². The third kappa shape index (κ3) is 21.6. The highest BCUT2D eigenvalue weighted by molar-refractivity contribution is 5.39. The number of para-hydroxylation sites is 2. The molecule has 0 amide bonds. The van der Waals surface area contributed by atoms with Crippen LogP contribution in [0.2, 0.25) is 0 Å². The second-order valence-electron chi connectivity index (χ2n) is 14.8. The van der Waals surface area contributed by atoms with Gasteiger partial charge in [-0.3, -0.25) is 9.80 Å². The Morgan fingerprint density at radius 1 is 0.469 bits per heavy atom. The van der Waals surface area contributed by atoms with E-state index in [4.69, 9.17) is 14.2 Å². The van der Waals surface area contributed by atoms with Crippen molar-refractivity contribution in [2.75, 3.05) is 39.4 Å². The first-order valence-corrected chi connectivity index (χ1v) is 21.7. The van der Waals surface area contributed by atoms with E-state index in [1.807, 2.05) is 0 Å². The van der Waals surface area contributed by atoms with Crippen LogP contribution in [0.25, 0.3) is 0 Å². The van der Waals surface area contributed by atoms with Crippen LogP contribution in [0.1, 0.15) is 195 Å². The molecular weight excluding hydrogens is 604 g/mol. The molecule has 0 radical (unpaired) electrons. The largest absolute Gasteiger partial charge is 0.471 e. The van der Waals surface area contributed by atoms with Gasteiger partial charge in [-0.2, -0.15) is 0 Å². The van der Waals surface area contributed by atoms with Crippen molar-refractivity contribution in [2.45, 2.75) is 207 Å². The van der Waals surface area contributed by atoms with Gasteiger partial charge in [0.15, 0.2) is 24.0 Å². The molecule has 1 aromatic rings. The van der Waals surface area contributed by atoms with E-state index in [0.717, 1.165) is 76.6 Å². The van der Waals surface area contributed by atoms with Crippen LogP contribution in [-0.4, -0.2) is 61.6 Å². The van der Waals surface area contributed by atoms with Crippen molar-refractivity contribution in [3.05, 3.63) is 24.3 Å². The molecule has 2 unspecified atom stereocenters. The van der Waals surface area contributed by atoms with Crippen LogP contribution < -0.4 is 9.47 Å². The first-order chi connectivity index (χ1) is 24.2. The topological polar surface area (TPSA) is 34.2 Å². The van der Waals surface area contributed by atoms with Gasteiger partial charge >= 0.3 is 0 Å². The number of benzene rings is 1. The molecule has 1 aliphatic heterocycles. The quantitative estimate of drug-likeness (QED) is 0.0820. The Labute approximate surface area is 305 Å². The Morgan fingerprint density at radius 2 is 0.796 bits per heavy atom. The Morgan fingerprint density at radius 3 is 1.12 bits per heavy atom. The molecule has 2 rings (SSSR count). The van der Waals surface area contributed by atoms with E-state index < -0.39 is 0 Å². The average molecular weight is 687 g/mol. The van der Waals surface area contributed by atoms with Crippen LogP contribution >= 0.6 is 0 Å². The summed E-state index contributed by atoms with van der Waals surface area (Å²) in [5.41, 5.74) is 0. The second-order valence-corrected chi connectivity index (χ2v) is 14.8. The lowest BCUT2D eigenvalue weighted by Crippen LogP contribution is -2.41. The minimum atomic E-state index is 0.0410. The molecule has 0 fully saturated rings. The lowest BCUT2D eigenvalue weighted by Gasteiger charge is -2.33. The fourth-order valence-electron chi connectivity index (χ4n) is 7.36. The SMILES string of the molecule is CCCCCCCCCCCCCN(CC)C1CCCOCCCC(N(CC)CCCCCCCCCCCCC)Oc2ccccc2O1. The third-order valence-corrected chi connectivity index (χ3v) is 10.6. The molecule has 0 saturated heterocycles. The summed E-state index contributed by atoms with van der Waals surface area (Å²) in [6, 6.07) is 8.42. The van der Waals surface area contributed by atoms with Gasteiger partial charge in [0.25, 0.3) is 0 Å². The van der Waals surface area contributed by atoms with Crippen molar-refractivity contribution in [3.63, 3.8) is 0 Å². The van der Waals surface area contributed by atoms with Crippen LogP contribution in [-0.2, 0) is 4.74 Å². The fraction of sp³-hybridized carbons (Fsp3) is 0.864. The van der Waals surface area contributed by atoms with E-state index in [-0.39, 0.29) is 12.5 Å². The molecule has 286 valence electrons. The Hall–Kier alpha value is -1.30. The Balaban J connectivity index is 1.87. The van der Waals surface area contributed by atoms with Gasteiger partial charge in [0.2, 0.25) is 0 Å². The predicted molar refractivity (Wildman–Crippen MR) is 212 cm³/mol. The van der Waals surface area contributed by atoms with Gasteiger partial charge in [-0.15, -0.1) is 0 Å². The molecule has 0 N–H and O–H groups in total. The summed E-state index contributed by atoms with van der Waals surface area (Å²) in [5, 5.41) is 0. The highest BCUT2D eigenvalue weighted by Gasteiger charge is 2.24. The molecule has 1 aliphatic rings. The van der Waals surface area contributed by atoms with Gasteiger partial charge in [-0.05, 0) is 50.9 Å². The predicted octanol–water partition coefficient (Wildman–Crippen LogP) is 13.0. The zero-order valence-electron chi connectivity index (χ0n) is 33.2. The van der Waals surface area contributed by atoms with Crippen molar-refractivity contribution in [2.24, 2.45) is 0 Å². The lowest BCUT2D eigenvalue weighted by molar-refractivity contribution is 0.00123. The summed E-state index contributed by atoms with van der Waals surface area (Å²) in [7, 11) is 0. The first kappa shape index (κ1) is 43.9. The summed E-state index contributed by atoms with van der Waals surface area (Å²) in [4.78, 5) is 5.10. The van der Waals surface area contributed by atoms with E-state index in [2.05, 4.69) is 61.8 Å².